The molecule has 0 radical (unpaired) electrons. The predicted molar refractivity (Wildman–Crippen MR) is 78.5 cm³/mol. The van der Waals surface area contributed by atoms with Gasteiger partial charge in [0.05, 0.1) is 9.82 Å². The van der Waals surface area contributed by atoms with Crippen LogP contribution in [0.3, 0.4) is 0 Å². The van der Waals surface area contributed by atoms with E-state index in [9.17, 15) is 18.5 Å². The van der Waals surface area contributed by atoms with E-state index in [1.165, 1.54) is 22.5 Å². The van der Waals surface area contributed by atoms with Gasteiger partial charge < -0.3 is 0 Å². The van der Waals surface area contributed by atoms with Crippen molar-refractivity contribution in [2.45, 2.75) is 30.8 Å². The van der Waals surface area contributed by atoms with Gasteiger partial charge in [-0.1, -0.05) is 6.07 Å². The Hall–Kier alpha value is -1.51. The maximum atomic E-state index is 12.6. The topological polar surface area (TPSA) is 83.8 Å². The van der Waals surface area contributed by atoms with Gasteiger partial charge in [-0.15, -0.1) is 0 Å². The minimum absolute atomic E-state index is 0.0272. The first kappa shape index (κ1) is 15.9. The van der Waals surface area contributed by atoms with Crippen molar-refractivity contribution in [2.24, 2.45) is 0 Å². The van der Waals surface area contributed by atoms with Crippen molar-refractivity contribution >= 4 is 15.7 Å². The molecule has 0 saturated carbocycles. The highest BCUT2D eigenvalue weighted by Gasteiger charge is 2.34. The third-order valence-electron chi connectivity index (χ3n) is 3.99. The van der Waals surface area contributed by atoms with Crippen molar-refractivity contribution in [3.05, 3.63) is 34.4 Å². The highest BCUT2D eigenvalue weighted by molar-refractivity contribution is 7.89. The summed E-state index contributed by atoms with van der Waals surface area (Å²) in [4.78, 5) is 12.3. The molecule has 1 heterocycles. The van der Waals surface area contributed by atoms with E-state index >= 15 is 0 Å². The lowest BCUT2D eigenvalue weighted by atomic mass is 10.1. The molecule has 2 atom stereocenters. The zero-order valence-corrected chi connectivity index (χ0v) is 13.1. The second kappa shape index (κ2) is 5.70. The highest BCUT2D eigenvalue weighted by atomic mass is 32.2. The van der Waals surface area contributed by atoms with Gasteiger partial charge in [-0.3, -0.25) is 15.0 Å². The molecule has 1 aliphatic rings. The molecule has 116 valence electrons. The molecule has 0 aromatic heterocycles. The van der Waals surface area contributed by atoms with Crippen molar-refractivity contribution in [1.82, 2.24) is 9.21 Å². The smallest absolute Gasteiger partial charge is 0.270 e. The fraction of sp³-hybridized carbons (Fsp3) is 0.538. The predicted octanol–water partition coefficient (Wildman–Crippen LogP) is 1.31. The first-order chi connectivity index (χ1) is 9.73. The van der Waals surface area contributed by atoms with Crippen molar-refractivity contribution in [1.29, 1.82) is 0 Å². The summed E-state index contributed by atoms with van der Waals surface area (Å²) in [5.74, 6) is 0. The molecule has 0 aliphatic carbocycles. The summed E-state index contributed by atoms with van der Waals surface area (Å²) in [5.41, 5.74) is -0.216. The van der Waals surface area contributed by atoms with Crippen LogP contribution >= 0.6 is 0 Å². The molecule has 0 amide bonds. The number of non-ortho nitro benzene ring substituents is 1. The van der Waals surface area contributed by atoms with E-state index in [0.29, 0.717) is 13.1 Å². The lowest BCUT2D eigenvalue weighted by molar-refractivity contribution is -0.385. The Kier molecular flexibility index (Phi) is 4.31. The van der Waals surface area contributed by atoms with Gasteiger partial charge in [-0.25, -0.2) is 8.42 Å². The molecule has 8 heteroatoms. The lowest BCUT2D eigenvalue weighted by Crippen LogP contribution is -2.56. The van der Waals surface area contributed by atoms with Crippen molar-refractivity contribution in [3.8, 4) is 0 Å². The number of nitrogens with zero attached hydrogens (tertiary/aromatic N) is 3. The van der Waals surface area contributed by atoms with Crippen LogP contribution < -0.4 is 0 Å². The second-order valence-corrected chi connectivity index (χ2v) is 7.38. The Morgan fingerprint density at radius 2 is 1.81 bits per heavy atom. The number of nitro groups is 1. The van der Waals surface area contributed by atoms with Crippen LogP contribution in [-0.4, -0.2) is 54.8 Å². The van der Waals surface area contributed by atoms with E-state index < -0.39 is 14.9 Å². The van der Waals surface area contributed by atoms with Crippen LogP contribution in [0, 0.1) is 10.1 Å². The molecular formula is C13H19N3O4S. The minimum Gasteiger partial charge on any atom is -0.298 e. The van der Waals surface area contributed by atoms with Crippen molar-refractivity contribution < 1.29 is 13.3 Å². The molecule has 1 aromatic carbocycles. The maximum absolute atomic E-state index is 12.6. The average Bonchev–Trinajstić information content (AvgIpc) is 2.44. The number of benzene rings is 1. The number of piperazine rings is 1. The van der Waals surface area contributed by atoms with Crippen LogP contribution in [-0.2, 0) is 10.0 Å². The van der Waals surface area contributed by atoms with E-state index in [-0.39, 0.29) is 22.7 Å². The molecule has 0 spiro atoms. The molecule has 1 fully saturated rings. The highest BCUT2D eigenvalue weighted by Crippen LogP contribution is 2.24. The number of sulfonamides is 1. The van der Waals surface area contributed by atoms with Crippen LogP contribution in [0.2, 0.25) is 0 Å². The molecular weight excluding hydrogens is 294 g/mol. The van der Waals surface area contributed by atoms with Gasteiger partial charge in [0.2, 0.25) is 10.0 Å². The van der Waals surface area contributed by atoms with Gasteiger partial charge in [0, 0.05) is 37.3 Å². The quantitative estimate of drug-likeness (QED) is 0.620. The fourth-order valence-electron chi connectivity index (χ4n) is 2.46. The zero-order chi connectivity index (χ0) is 15.8. The third kappa shape index (κ3) is 3.07. The van der Waals surface area contributed by atoms with E-state index in [1.54, 1.807) is 0 Å². The maximum Gasteiger partial charge on any atom is 0.270 e. The molecule has 0 bridgehead atoms. The summed E-state index contributed by atoms with van der Waals surface area (Å²) >= 11 is 0. The van der Waals surface area contributed by atoms with Crippen LogP contribution in [0.25, 0.3) is 0 Å². The van der Waals surface area contributed by atoms with Crippen molar-refractivity contribution in [3.63, 3.8) is 0 Å². The van der Waals surface area contributed by atoms with E-state index in [1.807, 2.05) is 20.9 Å². The van der Waals surface area contributed by atoms with E-state index in [4.69, 9.17) is 0 Å². The lowest BCUT2D eigenvalue weighted by Gasteiger charge is -2.41. The molecule has 1 aromatic rings. The number of hydrogen-bond donors (Lipinski definition) is 0. The molecule has 1 aliphatic heterocycles. The first-order valence-corrected chi connectivity index (χ1v) is 8.14. The summed E-state index contributed by atoms with van der Waals surface area (Å²) in [7, 11) is -1.74. The summed E-state index contributed by atoms with van der Waals surface area (Å²) in [6, 6.07) is 5.39. The number of likely N-dealkylation sites (N-methyl/N-ethyl adjacent to an activating group) is 1. The van der Waals surface area contributed by atoms with Gasteiger partial charge in [-0.2, -0.15) is 4.31 Å². The van der Waals surface area contributed by atoms with Crippen molar-refractivity contribution in [2.75, 3.05) is 20.1 Å². The SMILES string of the molecule is CC1CN(S(=O)(=O)c2cccc([N+](=O)[O-])c2)CC(C)N1C. The van der Waals surface area contributed by atoms with Gasteiger partial charge in [0.25, 0.3) is 5.69 Å². The monoisotopic (exact) mass is 313 g/mol. The number of nitro benzene ring substituents is 1. The fourth-order valence-corrected chi connectivity index (χ4v) is 4.10. The van der Waals surface area contributed by atoms with Gasteiger partial charge >= 0.3 is 0 Å². The van der Waals surface area contributed by atoms with E-state index in [0.717, 1.165) is 6.07 Å². The molecule has 0 N–H and O–H groups in total. The molecule has 7 nitrogen and oxygen atoms in total. The summed E-state index contributed by atoms with van der Waals surface area (Å²) < 4.78 is 26.7. The largest absolute Gasteiger partial charge is 0.298 e. The molecule has 1 saturated heterocycles. The minimum atomic E-state index is -3.71. The standard InChI is InChI=1S/C13H19N3O4S/c1-10-8-15(9-11(2)14(10)3)21(19,20)13-6-4-5-12(7-13)16(17)18/h4-7,10-11H,8-9H2,1-3H3. The van der Waals surface area contributed by atoms with Crippen LogP contribution in [0.4, 0.5) is 5.69 Å². The molecule has 2 unspecified atom stereocenters. The number of rotatable bonds is 3. The summed E-state index contributed by atoms with van der Waals surface area (Å²) in [6.45, 7) is 4.69. The normalized spacial score (nSPS) is 24.9. The van der Waals surface area contributed by atoms with Gasteiger partial charge in [0.1, 0.15) is 0 Å². The summed E-state index contributed by atoms with van der Waals surface area (Å²) in [6.07, 6.45) is 0. The molecule has 21 heavy (non-hydrogen) atoms. The van der Waals surface area contributed by atoms with E-state index in [2.05, 4.69) is 4.90 Å². The Morgan fingerprint density at radius 1 is 1.24 bits per heavy atom. The second-order valence-electron chi connectivity index (χ2n) is 5.44. The van der Waals surface area contributed by atoms with Gasteiger partial charge in [0.15, 0.2) is 0 Å². The Labute approximate surface area is 124 Å². The van der Waals surface area contributed by atoms with Crippen LogP contribution in [0.5, 0.6) is 0 Å². The van der Waals surface area contributed by atoms with Crippen LogP contribution in [0.15, 0.2) is 29.2 Å². The molecule has 2 rings (SSSR count). The van der Waals surface area contributed by atoms with Crippen LogP contribution in [0.1, 0.15) is 13.8 Å². The third-order valence-corrected chi connectivity index (χ3v) is 5.82. The average molecular weight is 313 g/mol. The Morgan fingerprint density at radius 3 is 2.33 bits per heavy atom. The zero-order valence-electron chi connectivity index (χ0n) is 12.3. The number of hydrogen-bond acceptors (Lipinski definition) is 5. The first-order valence-electron chi connectivity index (χ1n) is 6.70. The summed E-state index contributed by atoms with van der Waals surface area (Å²) in [5, 5.41) is 10.8. The van der Waals surface area contributed by atoms with Gasteiger partial charge in [-0.05, 0) is 27.0 Å². The Balaban J connectivity index is 2.34. The Bertz CT molecular complexity index is 635.